The van der Waals surface area contributed by atoms with Crippen molar-refractivity contribution in [2.24, 2.45) is 5.41 Å². The highest BCUT2D eigenvalue weighted by Crippen LogP contribution is 2.37. The smallest absolute Gasteiger partial charge is 0.290 e. The molecule has 0 aromatic heterocycles. The van der Waals surface area contributed by atoms with Crippen LogP contribution in [0.25, 0.3) is 0 Å². The summed E-state index contributed by atoms with van der Waals surface area (Å²) < 4.78 is 16.6. The van der Waals surface area contributed by atoms with Gasteiger partial charge < -0.3 is 24.8 Å². The molecule has 1 fully saturated rings. The molecule has 1 aliphatic rings. The molecular formula is C20H32N2O8S. The molecule has 2 amide bonds. The fraction of sp³-hybridized carbons (Fsp3) is 0.750. The van der Waals surface area contributed by atoms with Crippen LogP contribution < -0.4 is 10.6 Å². The summed E-state index contributed by atoms with van der Waals surface area (Å²) >= 11 is 0.992. The Morgan fingerprint density at radius 2 is 1.74 bits per heavy atom. The normalized spacial score (nSPS) is 22.4. The van der Waals surface area contributed by atoms with Crippen LogP contribution in [0.1, 0.15) is 47.0 Å². The van der Waals surface area contributed by atoms with Gasteiger partial charge in [-0.25, -0.2) is 0 Å². The van der Waals surface area contributed by atoms with Crippen molar-refractivity contribution in [2.45, 2.75) is 59.0 Å². The largest absolute Gasteiger partial charge is 0.355 e. The summed E-state index contributed by atoms with van der Waals surface area (Å²) in [5.41, 5.74) is -0.672. The second kappa shape index (κ2) is 12.3. The molecule has 11 heteroatoms. The van der Waals surface area contributed by atoms with E-state index in [0.29, 0.717) is 5.75 Å². The van der Waals surface area contributed by atoms with Crippen LogP contribution in [0.5, 0.6) is 0 Å². The summed E-state index contributed by atoms with van der Waals surface area (Å²) in [6, 6.07) is 0. The van der Waals surface area contributed by atoms with Crippen molar-refractivity contribution in [3.8, 4) is 0 Å². The minimum Gasteiger partial charge on any atom is -0.355 e. The lowest BCUT2D eigenvalue weighted by molar-refractivity contribution is -0.421. The lowest BCUT2D eigenvalue weighted by Crippen LogP contribution is -2.59. The van der Waals surface area contributed by atoms with Gasteiger partial charge in [0.2, 0.25) is 11.8 Å². The zero-order valence-electron chi connectivity index (χ0n) is 18.7. The van der Waals surface area contributed by atoms with Gasteiger partial charge in [-0.2, -0.15) is 0 Å². The summed E-state index contributed by atoms with van der Waals surface area (Å²) in [6.45, 7) is 6.82. The number of rotatable bonds is 12. The predicted molar refractivity (Wildman–Crippen MR) is 113 cm³/mol. The summed E-state index contributed by atoms with van der Waals surface area (Å²) in [4.78, 5) is 58.4. The highest BCUT2D eigenvalue weighted by Gasteiger charge is 2.50. The van der Waals surface area contributed by atoms with E-state index >= 15 is 0 Å². The first-order valence-corrected chi connectivity index (χ1v) is 10.9. The van der Waals surface area contributed by atoms with Gasteiger partial charge in [-0.15, -0.1) is 0 Å². The molecule has 31 heavy (non-hydrogen) atoms. The van der Waals surface area contributed by atoms with Gasteiger partial charge in [-0.1, -0.05) is 25.6 Å². The highest BCUT2D eigenvalue weighted by atomic mass is 32.2. The van der Waals surface area contributed by atoms with E-state index in [9.17, 15) is 24.0 Å². The number of amides is 2. The zero-order valence-corrected chi connectivity index (χ0v) is 19.5. The van der Waals surface area contributed by atoms with Gasteiger partial charge in [0.15, 0.2) is 5.12 Å². The van der Waals surface area contributed by atoms with Crippen LogP contribution in [-0.4, -0.2) is 73.1 Å². The van der Waals surface area contributed by atoms with Crippen LogP contribution in [0.4, 0.5) is 0 Å². The van der Waals surface area contributed by atoms with Crippen LogP contribution in [0.3, 0.4) is 0 Å². The van der Waals surface area contributed by atoms with Gasteiger partial charge in [0.25, 0.3) is 5.97 Å². The fourth-order valence-electron chi connectivity index (χ4n) is 2.82. The minimum absolute atomic E-state index is 0.0459. The van der Waals surface area contributed by atoms with Crippen molar-refractivity contribution < 1.29 is 38.2 Å². The maximum atomic E-state index is 12.7. The topological polar surface area (TPSA) is 137 Å². The number of ether oxygens (including phenoxy) is 3. The van der Waals surface area contributed by atoms with Gasteiger partial charge >= 0.3 is 0 Å². The minimum atomic E-state index is -1.61. The second-order valence-electron chi connectivity index (χ2n) is 8.03. The van der Waals surface area contributed by atoms with E-state index in [2.05, 4.69) is 10.6 Å². The Hall–Kier alpha value is -1.82. The van der Waals surface area contributed by atoms with Crippen molar-refractivity contribution in [3.63, 3.8) is 0 Å². The van der Waals surface area contributed by atoms with E-state index in [1.54, 1.807) is 13.8 Å². The van der Waals surface area contributed by atoms with Crippen LogP contribution in [0.2, 0.25) is 0 Å². The molecule has 0 spiro atoms. The molecule has 0 aromatic carbocycles. The molecule has 10 nitrogen and oxygen atoms in total. The maximum absolute atomic E-state index is 12.7. The predicted octanol–water partition coefficient (Wildman–Crippen LogP) is 0.569. The zero-order chi connectivity index (χ0) is 23.7. The summed E-state index contributed by atoms with van der Waals surface area (Å²) in [7, 11) is 1.34. The highest BCUT2D eigenvalue weighted by molar-refractivity contribution is 8.13. The average Bonchev–Trinajstić information content (AvgIpc) is 2.65. The Morgan fingerprint density at radius 3 is 2.32 bits per heavy atom. The van der Waals surface area contributed by atoms with Gasteiger partial charge in [-0.3, -0.25) is 24.0 Å². The van der Waals surface area contributed by atoms with Crippen LogP contribution in [0, 0.1) is 5.41 Å². The number of ketones is 2. The van der Waals surface area contributed by atoms with Crippen molar-refractivity contribution >= 4 is 40.3 Å². The standard InChI is InChI=1S/C20H32N2O8S/c1-13(23)10-16(26)31-9-8-21-15(25)6-7-22-18(27)17-19(3,4)12-29-20(28-5,30-17)11-14(2)24/h17H,6-12H2,1-5H3,(H,21,25)(H,22,27)/t17-,20?/m0/s1. The number of Topliss-reactive ketones (excluding diaryl/α,β-unsaturated/α-hetero) is 2. The number of nitrogens with one attached hydrogen (secondary N) is 2. The Balaban J connectivity index is 2.44. The summed E-state index contributed by atoms with van der Waals surface area (Å²) in [5.74, 6) is -2.37. The van der Waals surface area contributed by atoms with Crippen molar-refractivity contribution in [1.82, 2.24) is 10.6 Å². The number of carbonyl (C=O) groups excluding carboxylic acids is 5. The lowest BCUT2D eigenvalue weighted by atomic mass is 9.85. The van der Waals surface area contributed by atoms with Gasteiger partial charge in [0.1, 0.15) is 17.7 Å². The molecule has 2 atom stereocenters. The third-order valence-electron chi connectivity index (χ3n) is 4.42. The fourth-order valence-corrected chi connectivity index (χ4v) is 3.56. The number of carbonyl (C=O) groups is 5. The number of hydrogen-bond donors (Lipinski definition) is 2. The lowest BCUT2D eigenvalue weighted by Gasteiger charge is -2.46. The number of hydrogen-bond acceptors (Lipinski definition) is 9. The van der Waals surface area contributed by atoms with E-state index in [4.69, 9.17) is 14.2 Å². The van der Waals surface area contributed by atoms with Gasteiger partial charge in [0.05, 0.1) is 19.4 Å². The molecule has 176 valence electrons. The molecule has 1 saturated heterocycles. The molecule has 1 rings (SSSR count). The molecule has 0 aliphatic carbocycles. The SMILES string of the molecule is COC1(CC(C)=O)OCC(C)(C)[C@H](C(=O)NCCC(=O)NCCSC(=O)CC(C)=O)O1. The van der Waals surface area contributed by atoms with E-state index in [0.717, 1.165) is 11.8 Å². The maximum Gasteiger partial charge on any atom is 0.290 e. The Kier molecular flexibility index (Phi) is 10.8. The quantitative estimate of drug-likeness (QED) is 0.316. The number of methoxy groups -OCH3 is 1. The van der Waals surface area contributed by atoms with Crippen LogP contribution in [-0.2, 0) is 38.2 Å². The Morgan fingerprint density at radius 1 is 1.06 bits per heavy atom. The van der Waals surface area contributed by atoms with E-state index in [1.807, 2.05) is 0 Å². The monoisotopic (exact) mass is 460 g/mol. The molecule has 1 unspecified atom stereocenters. The second-order valence-corrected chi connectivity index (χ2v) is 9.18. The van der Waals surface area contributed by atoms with Crippen LogP contribution in [0.15, 0.2) is 0 Å². The van der Waals surface area contributed by atoms with Crippen molar-refractivity contribution in [3.05, 3.63) is 0 Å². The third kappa shape index (κ3) is 9.46. The average molecular weight is 461 g/mol. The van der Waals surface area contributed by atoms with E-state index in [1.165, 1.54) is 21.0 Å². The molecule has 2 N–H and O–H groups in total. The van der Waals surface area contributed by atoms with Crippen LogP contribution >= 0.6 is 11.8 Å². The van der Waals surface area contributed by atoms with Crippen molar-refractivity contribution in [2.75, 3.05) is 32.6 Å². The third-order valence-corrected chi connectivity index (χ3v) is 5.29. The van der Waals surface area contributed by atoms with Gasteiger partial charge in [0, 0.05) is 37.8 Å². The molecule has 0 radical (unpaired) electrons. The molecule has 0 aromatic rings. The Bertz CT molecular complexity index is 697. The summed E-state index contributed by atoms with van der Waals surface area (Å²) in [5, 5.41) is 5.08. The van der Waals surface area contributed by atoms with Gasteiger partial charge in [-0.05, 0) is 13.8 Å². The van der Waals surface area contributed by atoms with E-state index in [-0.39, 0.29) is 61.5 Å². The Labute approximate surface area is 186 Å². The molecular weight excluding hydrogens is 428 g/mol. The molecule has 1 heterocycles. The first kappa shape index (κ1) is 27.2. The first-order valence-electron chi connectivity index (χ1n) is 9.96. The van der Waals surface area contributed by atoms with Crippen molar-refractivity contribution in [1.29, 1.82) is 0 Å². The molecule has 0 bridgehead atoms. The molecule has 1 aliphatic heterocycles. The first-order chi connectivity index (χ1) is 14.4. The number of thioether (sulfide) groups is 1. The summed E-state index contributed by atoms with van der Waals surface area (Å²) in [6.07, 6.45) is -1.16. The van der Waals surface area contributed by atoms with E-state index < -0.39 is 23.4 Å². The molecule has 0 saturated carbocycles.